The number of nitrogens with one attached hydrogen (secondary N) is 1. The summed E-state index contributed by atoms with van der Waals surface area (Å²) >= 11 is 2.35. The Bertz CT molecular complexity index is 323. The van der Waals surface area contributed by atoms with Crippen molar-refractivity contribution < 1.29 is 26.7 Å². The number of amides is 1. The minimum atomic E-state index is -5.54. The lowest BCUT2D eigenvalue weighted by Crippen LogP contribution is -2.36. The van der Waals surface area contributed by atoms with Crippen LogP contribution in [-0.2, 0) is 4.79 Å². The maximum absolute atomic E-state index is 12.6. The van der Waals surface area contributed by atoms with Gasteiger partial charge in [-0.05, 0) is 23.7 Å². The van der Waals surface area contributed by atoms with E-state index < -0.39 is 30.8 Å². The van der Waals surface area contributed by atoms with Gasteiger partial charge in [0.15, 0.2) is 0 Å². The van der Waals surface area contributed by atoms with Crippen LogP contribution in [0.15, 0.2) is 0 Å². The third kappa shape index (κ3) is 11.9. The molecule has 138 valence electrons. The maximum Gasteiger partial charge on any atom is 0.453 e. The summed E-state index contributed by atoms with van der Waals surface area (Å²) in [4.78, 5) is 11.3. The third-order valence-electron chi connectivity index (χ3n) is 3.44. The van der Waals surface area contributed by atoms with Gasteiger partial charge in [-0.15, -0.1) is 0 Å². The van der Waals surface area contributed by atoms with Gasteiger partial charge >= 0.3 is 12.1 Å². The van der Waals surface area contributed by atoms with Crippen molar-refractivity contribution in [3.05, 3.63) is 0 Å². The number of halogens is 6. The molecule has 0 aromatic heterocycles. The molecule has 0 spiro atoms. The van der Waals surface area contributed by atoms with Gasteiger partial charge < -0.3 is 5.32 Å². The van der Waals surface area contributed by atoms with Crippen molar-refractivity contribution >= 4 is 28.5 Å². The Kier molecular flexibility index (Phi) is 12.2. The zero-order valence-electron chi connectivity index (χ0n) is 13.2. The van der Waals surface area contributed by atoms with Gasteiger partial charge in [0.05, 0.1) is 0 Å². The van der Waals surface area contributed by atoms with Crippen LogP contribution >= 0.6 is 22.6 Å². The molecule has 0 saturated carbocycles. The molecule has 0 saturated heterocycles. The smallest absolute Gasteiger partial charge is 0.356 e. The first kappa shape index (κ1) is 22.9. The second-order valence-corrected chi connectivity index (χ2v) is 6.65. The van der Waals surface area contributed by atoms with Crippen LogP contribution in [0.2, 0.25) is 0 Å². The third-order valence-corrected chi connectivity index (χ3v) is 4.20. The quantitative estimate of drug-likeness (QED) is 0.165. The van der Waals surface area contributed by atoms with E-state index in [0.29, 0.717) is 6.54 Å². The van der Waals surface area contributed by atoms with Crippen LogP contribution in [0.4, 0.5) is 22.0 Å². The van der Waals surface area contributed by atoms with E-state index in [0.717, 1.165) is 25.7 Å². The van der Waals surface area contributed by atoms with Crippen LogP contribution in [-0.4, -0.2) is 29.0 Å². The van der Waals surface area contributed by atoms with Crippen molar-refractivity contribution in [3.8, 4) is 0 Å². The van der Waals surface area contributed by atoms with E-state index in [4.69, 9.17) is 0 Å². The largest absolute Gasteiger partial charge is 0.453 e. The van der Waals surface area contributed by atoms with Crippen LogP contribution in [0.1, 0.15) is 64.2 Å². The van der Waals surface area contributed by atoms with Gasteiger partial charge in [-0.3, -0.25) is 4.79 Å². The topological polar surface area (TPSA) is 29.1 Å². The summed E-state index contributed by atoms with van der Waals surface area (Å²) in [5.41, 5.74) is 0. The molecule has 0 atom stereocenters. The molecule has 8 heteroatoms. The monoisotopic (exact) mass is 457 g/mol. The van der Waals surface area contributed by atoms with Gasteiger partial charge in [-0.2, -0.15) is 22.0 Å². The summed E-state index contributed by atoms with van der Waals surface area (Å²) in [6, 6.07) is 0. The van der Waals surface area contributed by atoms with Gasteiger partial charge in [0, 0.05) is 19.4 Å². The fraction of sp³-hybridized carbons (Fsp3) is 0.933. The number of hydrogen-bond donors (Lipinski definition) is 1. The SMILES string of the molecule is O=C(CCCC(F)(F)C(F)(F)F)NCCCCCCCCCI. The van der Waals surface area contributed by atoms with Crippen molar-refractivity contribution in [2.75, 3.05) is 11.0 Å². The Morgan fingerprint density at radius 2 is 1.35 bits per heavy atom. The van der Waals surface area contributed by atoms with Crippen LogP contribution in [0.25, 0.3) is 0 Å². The van der Waals surface area contributed by atoms with Crippen molar-refractivity contribution in [2.24, 2.45) is 0 Å². The van der Waals surface area contributed by atoms with Crippen molar-refractivity contribution in [1.29, 1.82) is 0 Å². The van der Waals surface area contributed by atoms with E-state index in [1.807, 2.05) is 0 Å². The number of rotatable bonds is 13. The Morgan fingerprint density at radius 1 is 0.826 bits per heavy atom. The highest BCUT2D eigenvalue weighted by Gasteiger charge is 2.56. The standard InChI is InChI=1S/C15H25F5INO/c16-14(17,15(18,19)20)10-8-9-13(23)22-12-7-5-3-1-2-4-6-11-21/h1-12H2,(H,22,23). The summed E-state index contributed by atoms with van der Waals surface area (Å²) in [7, 11) is 0. The van der Waals surface area contributed by atoms with E-state index in [2.05, 4.69) is 27.9 Å². The average molecular weight is 457 g/mol. The molecule has 0 rings (SSSR count). The predicted molar refractivity (Wildman–Crippen MR) is 89.1 cm³/mol. The molecular formula is C15H25F5INO. The second kappa shape index (κ2) is 12.2. The zero-order chi connectivity index (χ0) is 17.8. The van der Waals surface area contributed by atoms with Crippen molar-refractivity contribution in [3.63, 3.8) is 0 Å². The molecule has 0 aliphatic carbocycles. The van der Waals surface area contributed by atoms with Gasteiger partial charge in [-0.25, -0.2) is 0 Å². The van der Waals surface area contributed by atoms with Gasteiger partial charge in [0.1, 0.15) is 0 Å². The number of alkyl halides is 6. The summed E-state index contributed by atoms with van der Waals surface area (Å²) in [5, 5.41) is 2.55. The van der Waals surface area contributed by atoms with Gasteiger partial charge in [-0.1, -0.05) is 54.7 Å². The Morgan fingerprint density at radius 3 is 1.87 bits per heavy atom. The lowest BCUT2D eigenvalue weighted by atomic mass is 10.1. The molecule has 0 bridgehead atoms. The molecule has 23 heavy (non-hydrogen) atoms. The second-order valence-electron chi connectivity index (χ2n) is 5.57. The predicted octanol–water partition coefficient (Wildman–Crippen LogP) is 5.64. The summed E-state index contributed by atoms with van der Waals surface area (Å²) < 4.78 is 62.2. The number of hydrogen-bond acceptors (Lipinski definition) is 1. The molecule has 0 fully saturated rings. The normalized spacial score (nSPS) is 12.4. The molecule has 0 aromatic rings. The molecule has 0 radical (unpaired) electrons. The van der Waals surface area contributed by atoms with E-state index in [9.17, 15) is 26.7 Å². The Labute approximate surface area is 148 Å². The lowest BCUT2D eigenvalue weighted by molar-refractivity contribution is -0.284. The first-order valence-corrected chi connectivity index (χ1v) is 9.50. The van der Waals surface area contributed by atoms with Gasteiger partial charge in [0.25, 0.3) is 0 Å². The molecular weight excluding hydrogens is 432 g/mol. The molecule has 2 nitrogen and oxygen atoms in total. The Hall–Kier alpha value is -0.150. The minimum Gasteiger partial charge on any atom is -0.356 e. The van der Waals surface area contributed by atoms with E-state index in [1.165, 1.54) is 23.7 Å². The molecule has 0 aliphatic heterocycles. The number of carbonyl (C=O) groups excluding carboxylic acids is 1. The highest BCUT2D eigenvalue weighted by atomic mass is 127. The van der Waals surface area contributed by atoms with E-state index >= 15 is 0 Å². The molecule has 1 amide bonds. The summed E-state index contributed by atoms with van der Waals surface area (Å²) in [6.45, 7) is 0.447. The average Bonchev–Trinajstić information content (AvgIpc) is 2.44. The lowest BCUT2D eigenvalue weighted by Gasteiger charge is -2.19. The molecule has 0 unspecified atom stereocenters. The molecule has 0 heterocycles. The fourth-order valence-electron chi connectivity index (χ4n) is 2.03. The molecule has 0 aromatic carbocycles. The molecule has 0 aliphatic rings. The van der Waals surface area contributed by atoms with Crippen LogP contribution in [0.3, 0.4) is 0 Å². The van der Waals surface area contributed by atoms with E-state index in [1.54, 1.807) is 0 Å². The summed E-state index contributed by atoms with van der Waals surface area (Å²) in [6.07, 6.45) is 0.0624. The molecule has 1 N–H and O–H groups in total. The highest BCUT2D eigenvalue weighted by Crippen LogP contribution is 2.38. The van der Waals surface area contributed by atoms with Gasteiger partial charge in [0.2, 0.25) is 5.91 Å². The Balaban J connectivity index is 3.51. The zero-order valence-corrected chi connectivity index (χ0v) is 15.3. The van der Waals surface area contributed by atoms with Crippen LogP contribution < -0.4 is 5.32 Å². The van der Waals surface area contributed by atoms with E-state index in [-0.39, 0.29) is 6.42 Å². The first-order valence-electron chi connectivity index (χ1n) is 7.98. The van der Waals surface area contributed by atoms with Crippen LogP contribution in [0, 0.1) is 0 Å². The maximum atomic E-state index is 12.6. The summed E-state index contributed by atoms with van der Waals surface area (Å²) in [5.74, 6) is -5.19. The minimum absolute atomic E-state index is 0.304. The number of carbonyl (C=O) groups is 1. The number of unbranched alkanes of at least 4 members (excludes halogenated alkanes) is 6. The fourth-order valence-corrected chi connectivity index (χ4v) is 2.57. The van der Waals surface area contributed by atoms with Crippen molar-refractivity contribution in [2.45, 2.75) is 76.3 Å². The first-order chi connectivity index (χ1) is 10.7. The highest BCUT2D eigenvalue weighted by molar-refractivity contribution is 14.1. The van der Waals surface area contributed by atoms with Crippen molar-refractivity contribution in [1.82, 2.24) is 5.32 Å². The van der Waals surface area contributed by atoms with Crippen LogP contribution in [0.5, 0.6) is 0 Å².